The summed E-state index contributed by atoms with van der Waals surface area (Å²) in [6, 6.07) is 12.2. The monoisotopic (exact) mass is 399 g/mol. The van der Waals surface area contributed by atoms with Gasteiger partial charge in [0.1, 0.15) is 11.6 Å². The predicted molar refractivity (Wildman–Crippen MR) is 102 cm³/mol. The number of sulfonamides is 1. The van der Waals surface area contributed by atoms with E-state index < -0.39 is 15.8 Å². The van der Waals surface area contributed by atoms with Gasteiger partial charge >= 0.3 is 0 Å². The molecule has 3 aromatic rings. The van der Waals surface area contributed by atoms with Crippen LogP contribution in [0, 0.1) is 5.82 Å². The Morgan fingerprint density at radius 2 is 1.86 bits per heavy atom. The first kappa shape index (κ1) is 18.5. The molecule has 3 heterocycles. The van der Waals surface area contributed by atoms with E-state index in [9.17, 15) is 12.8 Å². The molecule has 2 aromatic heterocycles. The SMILES string of the molecule is O=S(=O)(c1ccc(F)cc1)N1CCC(c2ccnc(Nc3ccccn3)n2)C1. The minimum Gasteiger partial charge on any atom is -0.309 e. The van der Waals surface area contributed by atoms with Gasteiger partial charge in [-0.05, 0) is 48.9 Å². The summed E-state index contributed by atoms with van der Waals surface area (Å²) >= 11 is 0. The Labute approximate surface area is 162 Å². The van der Waals surface area contributed by atoms with Crippen molar-refractivity contribution >= 4 is 21.8 Å². The van der Waals surface area contributed by atoms with Crippen molar-refractivity contribution in [2.75, 3.05) is 18.4 Å². The van der Waals surface area contributed by atoms with Crippen molar-refractivity contribution in [2.45, 2.75) is 17.2 Å². The molecule has 7 nitrogen and oxygen atoms in total. The average molecular weight is 399 g/mol. The molecular formula is C19H18FN5O2S. The summed E-state index contributed by atoms with van der Waals surface area (Å²) in [6.45, 7) is 0.705. The lowest BCUT2D eigenvalue weighted by Gasteiger charge is -2.16. The maximum Gasteiger partial charge on any atom is 0.243 e. The maximum absolute atomic E-state index is 13.1. The molecule has 1 unspecified atom stereocenters. The maximum atomic E-state index is 13.1. The minimum atomic E-state index is -3.66. The topological polar surface area (TPSA) is 88.1 Å². The fourth-order valence-electron chi connectivity index (χ4n) is 3.16. The van der Waals surface area contributed by atoms with Crippen molar-refractivity contribution < 1.29 is 12.8 Å². The Bertz CT molecular complexity index is 1060. The molecule has 1 atom stereocenters. The third kappa shape index (κ3) is 3.85. The van der Waals surface area contributed by atoms with Crippen LogP contribution in [0.3, 0.4) is 0 Å². The van der Waals surface area contributed by atoms with E-state index in [2.05, 4.69) is 20.3 Å². The van der Waals surface area contributed by atoms with Crippen LogP contribution in [0.25, 0.3) is 0 Å². The van der Waals surface area contributed by atoms with E-state index in [1.807, 2.05) is 18.2 Å². The number of nitrogens with zero attached hydrogens (tertiary/aromatic N) is 4. The third-order valence-corrected chi connectivity index (χ3v) is 6.48. The smallest absolute Gasteiger partial charge is 0.243 e. The van der Waals surface area contributed by atoms with Gasteiger partial charge in [0.15, 0.2) is 0 Å². The number of aromatic nitrogens is 3. The molecule has 9 heteroatoms. The molecular weight excluding hydrogens is 381 g/mol. The summed E-state index contributed by atoms with van der Waals surface area (Å²) in [4.78, 5) is 13.0. The number of hydrogen-bond acceptors (Lipinski definition) is 6. The van der Waals surface area contributed by atoms with Gasteiger partial charge in [-0.15, -0.1) is 0 Å². The number of rotatable bonds is 5. The van der Waals surface area contributed by atoms with Crippen LogP contribution in [-0.2, 0) is 10.0 Å². The molecule has 1 aromatic carbocycles. The number of nitrogens with one attached hydrogen (secondary N) is 1. The van der Waals surface area contributed by atoms with E-state index in [0.717, 1.165) is 17.8 Å². The normalized spacial score (nSPS) is 17.5. The van der Waals surface area contributed by atoms with Gasteiger partial charge in [0, 0.05) is 31.4 Å². The Kier molecular flexibility index (Phi) is 5.01. The van der Waals surface area contributed by atoms with Gasteiger partial charge in [0.2, 0.25) is 16.0 Å². The van der Waals surface area contributed by atoms with Gasteiger partial charge in [0.25, 0.3) is 0 Å². The zero-order valence-electron chi connectivity index (χ0n) is 14.9. The third-order valence-electron chi connectivity index (χ3n) is 4.60. The molecule has 1 fully saturated rings. The van der Waals surface area contributed by atoms with Crippen molar-refractivity contribution in [3.05, 3.63) is 72.4 Å². The molecule has 0 spiro atoms. The Hall–Kier alpha value is -2.91. The van der Waals surface area contributed by atoms with Crippen molar-refractivity contribution in [3.8, 4) is 0 Å². The molecule has 0 saturated carbocycles. The number of hydrogen-bond donors (Lipinski definition) is 1. The molecule has 28 heavy (non-hydrogen) atoms. The molecule has 0 aliphatic carbocycles. The molecule has 0 amide bonds. The van der Waals surface area contributed by atoms with Crippen molar-refractivity contribution in [2.24, 2.45) is 0 Å². The lowest BCUT2D eigenvalue weighted by atomic mass is 10.1. The van der Waals surface area contributed by atoms with E-state index >= 15 is 0 Å². The molecule has 1 aliphatic rings. The number of pyridine rings is 1. The van der Waals surface area contributed by atoms with Gasteiger partial charge in [0.05, 0.1) is 10.6 Å². The Morgan fingerprint density at radius 1 is 1.04 bits per heavy atom. The van der Waals surface area contributed by atoms with Crippen LogP contribution in [0.4, 0.5) is 16.2 Å². The standard InChI is InChI=1S/C19H18FN5O2S/c20-15-4-6-16(7-5-15)28(26,27)25-12-9-14(13-25)17-8-11-22-19(23-17)24-18-3-1-2-10-21-18/h1-8,10-11,14H,9,12-13H2,(H,21,22,23,24). The van der Waals surface area contributed by atoms with E-state index in [4.69, 9.17) is 0 Å². The first-order valence-electron chi connectivity index (χ1n) is 8.79. The lowest BCUT2D eigenvalue weighted by Crippen LogP contribution is -2.28. The van der Waals surface area contributed by atoms with E-state index in [1.165, 1.54) is 16.4 Å². The highest BCUT2D eigenvalue weighted by molar-refractivity contribution is 7.89. The second kappa shape index (κ2) is 7.61. The summed E-state index contributed by atoms with van der Waals surface area (Å²) in [6.07, 6.45) is 3.96. The first-order chi connectivity index (χ1) is 13.5. The second-order valence-electron chi connectivity index (χ2n) is 6.45. The van der Waals surface area contributed by atoms with Crippen LogP contribution < -0.4 is 5.32 Å². The van der Waals surface area contributed by atoms with Gasteiger partial charge < -0.3 is 5.32 Å². The Morgan fingerprint density at radius 3 is 2.61 bits per heavy atom. The van der Waals surface area contributed by atoms with E-state index in [-0.39, 0.29) is 10.8 Å². The summed E-state index contributed by atoms with van der Waals surface area (Å²) in [7, 11) is -3.66. The lowest BCUT2D eigenvalue weighted by molar-refractivity contribution is 0.472. The van der Waals surface area contributed by atoms with Gasteiger partial charge in [-0.1, -0.05) is 6.07 Å². The fourth-order valence-corrected chi connectivity index (χ4v) is 4.66. The first-order valence-corrected chi connectivity index (χ1v) is 10.2. The van der Waals surface area contributed by atoms with Crippen LogP contribution in [0.2, 0.25) is 0 Å². The van der Waals surface area contributed by atoms with Crippen LogP contribution in [-0.4, -0.2) is 40.8 Å². The van der Waals surface area contributed by atoms with Gasteiger partial charge in [-0.2, -0.15) is 4.31 Å². The van der Waals surface area contributed by atoms with Crippen LogP contribution in [0.1, 0.15) is 18.0 Å². The van der Waals surface area contributed by atoms with Crippen molar-refractivity contribution in [1.82, 2.24) is 19.3 Å². The van der Waals surface area contributed by atoms with Crippen LogP contribution >= 0.6 is 0 Å². The van der Waals surface area contributed by atoms with Crippen molar-refractivity contribution in [1.29, 1.82) is 0 Å². The largest absolute Gasteiger partial charge is 0.309 e. The summed E-state index contributed by atoms with van der Waals surface area (Å²) in [5, 5.41) is 3.04. The van der Waals surface area contributed by atoms with E-state index in [1.54, 1.807) is 18.5 Å². The van der Waals surface area contributed by atoms with E-state index in [0.29, 0.717) is 31.3 Å². The van der Waals surface area contributed by atoms with Gasteiger partial charge in [-0.25, -0.2) is 27.8 Å². The molecule has 1 N–H and O–H groups in total. The summed E-state index contributed by atoms with van der Waals surface area (Å²) < 4.78 is 40.1. The van der Waals surface area contributed by atoms with Gasteiger partial charge in [-0.3, -0.25) is 0 Å². The molecule has 1 aliphatic heterocycles. The number of halogens is 1. The number of anilines is 2. The second-order valence-corrected chi connectivity index (χ2v) is 8.39. The molecule has 144 valence electrons. The zero-order valence-corrected chi connectivity index (χ0v) is 15.7. The Balaban J connectivity index is 1.50. The summed E-state index contributed by atoms with van der Waals surface area (Å²) in [5.41, 5.74) is 0.769. The predicted octanol–water partition coefficient (Wildman–Crippen LogP) is 2.93. The quantitative estimate of drug-likeness (QED) is 0.710. The summed E-state index contributed by atoms with van der Waals surface area (Å²) in [5.74, 6) is 0.539. The average Bonchev–Trinajstić information content (AvgIpc) is 3.21. The number of benzene rings is 1. The fraction of sp³-hybridized carbons (Fsp3) is 0.211. The molecule has 0 radical (unpaired) electrons. The molecule has 0 bridgehead atoms. The van der Waals surface area contributed by atoms with Crippen molar-refractivity contribution in [3.63, 3.8) is 0 Å². The molecule has 1 saturated heterocycles. The zero-order chi connectivity index (χ0) is 19.6. The van der Waals surface area contributed by atoms with Crippen LogP contribution in [0.5, 0.6) is 0 Å². The molecule has 4 rings (SSSR count). The van der Waals surface area contributed by atoms with Crippen LogP contribution in [0.15, 0.2) is 65.8 Å². The highest BCUT2D eigenvalue weighted by Crippen LogP contribution is 2.30. The highest BCUT2D eigenvalue weighted by Gasteiger charge is 2.34. The highest BCUT2D eigenvalue weighted by atomic mass is 32.2. The minimum absolute atomic E-state index is 0.0393.